The standard InChI is InChI=1S/C13H19NO3/c1-17-10-8-11-5-2-3-6-12(11)14-9-4-7-13(15)16/h2-3,5-6,14H,4,7-10H2,1H3,(H,15,16). The maximum atomic E-state index is 10.4. The first-order valence-corrected chi connectivity index (χ1v) is 5.76. The number of hydrogen-bond donors (Lipinski definition) is 2. The van der Waals surface area contributed by atoms with Crippen LogP contribution in [0.5, 0.6) is 0 Å². The predicted octanol–water partition coefficient (Wildman–Crippen LogP) is 2.15. The molecule has 2 N–H and O–H groups in total. The van der Waals surface area contributed by atoms with Crippen LogP contribution in [0.3, 0.4) is 0 Å². The Morgan fingerprint density at radius 3 is 2.88 bits per heavy atom. The summed E-state index contributed by atoms with van der Waals surface area (Å²) in [5.74, 6) is -0.750. The van der Waals surface area contributed by atoms with Gasteiger partial charge >= 0.3 is 5.97 Å². The average Bonchev–Trinajstić information content (AvgIpc) is 2.33. The van der Waals surface area contributed by atoms with Gasteiger partial charge in [0.1, 0.15) is 0 Å². The summed E-state index contributed by atoms with van der Waals surface area (Å²) in [6, 6.07) is 8.02. The Bertz CT molecular complexity index is 352. The van der Waals surface area contributed by atoms with Crippen molar-refractivity contribution in [3.05, 3.63) is 29.8 Å². The lowest BCUT2D eigenvalue weighted by atomic mass is 10.1. The van der Waals surface area contributed by atoms with E-state index in [1.165, 1.54) is 5.56 Å². The summed E-state index contributed by atoms with van der Waals surface area (Å²) >= 11 is 0. The Morgan fingerprint density at radius 2 is 2.18 bits per heavy atom. The number of ether oxygens (including phenoxy) is 1. The summed E-state index contributed by atoms with van der Waals surface area (Å²) in [5.41, 5.74) is 2.26. The van der Waals surface area contributed by atoms with Crippen molar-refractivity contribution in [1.29, 1.82) is 0 Å². The highest BCUT2D eigenvalue weighted by molar-refractivity contribution is 5.66. The van der Waals surface area contributed by atoms with Crippen LogP contribution in [0, 0.1) is 0 Å². The van der Waals surface area contributed by atoms with Gasteiger partial charge in [-0.1, -0.05) is 18.2 Å². The van der Waals surface area contributed by atoms with Gasteiger partial charge in [-0.25, -0.2) is 0 Å². The molecule has 1 rings (SSSR count). The molecule has 0 aliphatic carbocycles. The molecule has 0 aromatic heterocycles. The van der Waals surface area contributed by atoms with E-state index in [2.05, 4.69) is 11.4 Å². The molecule has 17 heavy (non-hydrogen) atoms. The molecule has 0 radical (unpaired) electrons. The zero-order chi connectivity index (χ0) is 12.5. The minimum absolute atomic E-state index is 0.202. The van der Waals surface area contributed by atoms with Crippen molar-refractivity contribution < 1.29 is 14.6 Å². The van der Waals surface area contributed by atoms with Crippen LogP contribution in [0.25, 0.3) is 0 Å². The quantitative estimate of drug-likeness (QED) is 0.680. The Hall–Kier alpha value is -1.55. The maximum absolute atomic E-state index is 10.4. The van der Waals surface area contributed by atoms with Gasteiger partial charge in [-0.3, -0.25) is 4.79 Å². The molecule has 0 heterocycles. The molecule has 0 atom stereocenters. The molecule has 0 saturated heterocycles. The van der Waals surface area contributed by atoms with Crippen LogP contribution in [0.2, 0.25) is 0 Å². The molecule has 0 spiro atoms. The Labute approximate surface area is 102 Å². The monoisotopic (exact) mass is 237 g/mol. The van der Waals surface area contributed by atoms with Crippen molar-refractivity contribution in [2.75, 3.05) is 25.6 Å². The van der Waals surface area contributed by atoms with E-state index in [9.17, 15) is 4.79 Å². The molecule has 1 aromatic carbocycles. The first kappa shape index (κ1) is 13.5. The van der Waals surface area contributed by atoms with Crippen LogP contribution in [0.4, 0.5) is 5.69 Å². The minimum Gasteiger partial charge on any atom is -0.481 e. The average molecular weight is 237 g/mol. The number of benzene rings is 1. The Kier molecular flexibility index (Phi) is 6.10. The molecule has 0 saturated carbocycles. The summed E-state index contributed by atoms with van der Waals surface area (Å²) in [5, 5.41) is 11.8. The highest BCUT2D eigenvalue weighted by Crippen LogP contribution is 2.15. The van der Waals surface area contributed by atoms with Crippen LogP contribution in [0.15, 0.2) is 24.3 Å². The third-order valence-corrected chi connectivity index (χ3v) is 2.48. The largest absolute Gasteiger partial charge is 0.481 e. The number of methoxy groups -OCH3 is 1. The van der Waals surface area contributed by atoms with Crippen molar-refractivity contribution in [3.8, 4) is 0 Å². The normalized spacial score (nSPS) is 10.2. The summed E-state index contributed by atoms with van der Waals surface area (Å²) in [6.07, 6.45) is 1.69. The number of aliphatic carboxylic acids is 1. The van der Waals surface area contributed by atoms with E-state index in [4.69, 9.17) is 9.84 Å². The minimum atomic E-state index is -0.750. The number of para-hydroxylation sites is 1. The fraction of sp³-hybridized carbons (Fsp3) is 0.462. The number of rotatable bonds is 8. The van der Waals surface area contributed by atoms with Crippen molar-refractivity contribution in [1.82, 2.24) is 0 Å². The van der Waals surface area contributed by atoms with Crippen LogP contribution in [-0.4, -0.2) is 31.3 Å². The second-order valence-corrected chi connectivity index (χ2v) is 3.82. The molecule has 94 valence electrons. The highest BCUT2D eigenvalue weighted by Gasteiger charge is 2.01. The van der Waals surface area contributed by atoms with E-state index < -0.39 is 5.97 Å². The zero-order valence-corrected chi connectivity index (χ0v) is 10.1. The maximum Gasteiger partial charge on any atom is 0.303 e. The number of carboxylic acids is 1. The molecule has 4 heteroatoms. The van der Waals surface area contributed by atoms with E-state index in [0.29, 0.717) is 19.6 Å². The number of carboxylic acid groups (broad SMARTS) is 1. The summed E-state index contributed by atoms with van der Waals surface area (Å²) in [4.78, 5) is 10.4. The van der Waals surface area contributed by atoms with Crippen LogP contribution in [0.1, 0.15) is 18.4 Å². The lowest BCUT2D eigenvalue weighted by Crippen LogP contribution is -2.07. The van der Waals surface area contributed by atoms with Crippen molar-refractivity contribution in [2.45, 2.75) is 19.3 Å². The van der Waals surface area contributed by atoms with Crippen LogP contribution < -0.4 is 5.32 Å². The number of anilines is 1. The van der Waals surface area contributed by atoms with Gasteiger partial charge < -0.3 is 15.2 Å². The third kappa shape index (κ3) is 5.36. The van der Waals surface area contributed by atoms with E-state index in [-0.39, 0.29) is 6.42 Å². The van der Waals surface area contributed by atoms with E-state index in [1.54, 1.807) is 7.11 Å². The molecule has 4 nitrogen and oxygen atoms in total. The SMILES string of the molecule is COCCc1ccccc1NCCCC(=O)O. The third-order valence-electron chi connectivity index (χ3n) is 2.48. The van der Waals surface area contributed by atoms with Gasteiger partial charge in [0.2, 0.25) is 0 Å². The van der Waals surface area contributed by atoms with Crippen LogP contribution >= 0.6 is 0 Å². The van der Waals surface area contributed by atoms with Gasteiger partial charge in [-0.2, -0.15) is 0 Å². The highest BCUT2D eigenvalue weighted by atomic mass is 16.5. The molecule has 0 bridgehead atoms. The molecule has 0 aliphatic rings. The van der Waals surface area contributed by atoms with E-state index >= 15 is 0 Å². The second-order valence-electron chi connectivity index (χ2n) is 3.82. The molecule has 0 amide bonds. The number of nitrogens with one attached hydrogen (secondary N) is 1. The molecular weight excluding hydrogens is 218 g/mol. The first-order valence-electron chi connectivity index (χ1n) is 5.76. The van der Waals surface area contributed by atoms with E-state index in [1.807, 2.05) is 18.2 Å². The van der Waals surface area contributed by atoms with E-state index in [0.717, 1.165) is 12.1 Å². The van der Waals surface area contributed by atoms with Gasteiger partial charge in [0, 0.05) is 25.8 Å². The summed E-state index contributed by atoms with van der Waals surface area (Å²) in [6.45, 7) is 1.37. The molecule has 1 aromatic rings. The summed E-state index contributed by atoms with van der Waals surface area (Å²) < 4.78 is 5.05. The molecular formula is C13H19NO3. The molecule has 0 fully saturated rings. The van der Waals surface area contributed by atoms with Gasteiger partial charge in [-0.05, 0) is 24.5 Å². The Balaban J connectivity index is 2.43. The fourth-order valence-electron chi connectivity index (χ4n) is 1.59. The van der Waals surface area contributed by atoms with Gasteiger partial charge in [0.25, 0.3) is 0 Å². The second kappa shape index (κ2) is 7.68. The lowest BCUT2D eigenvalue weighted by molar-refractivity contribution is -0.137. The number of hydrogen-bond acceptors (Lipinski definition) is 3. The van der Waals surface area contributed by atoms with Gasteiger partial charge in [0.15, 0.2) is 0 Å². The zero-order valence-electron chi connectivity index (χ0n) is 10.1. The smallest absolute Gasteiger partial charge is 0.303 e. The topological polar surface area (TPSA) is 58.6 Å². The lowest BCUT2D eigenvalue weighted by Gasteiger charge is -2.11. The first-order chi connectivity index (χ1) is 8.24. The van der Waals surface area contributed by atoms with Crippen molar-refractivity contribution in [2.24, 2.45) is 0 Å². The van der Waals surface area contributed by atoms with Gasteiger partial charge in [0.05, 0.1) is 6.61 Å². The predicted molar refractivity (Wildman–Crippen MR) is 67.4 cm³/mol. The van der Waals surface area contributed by atoms with Crippen molar-refractivity contribution >= 4 is 11.7 Å². The molecule has 0 unspecified atom stereocenters. The van der Waals surface area contributed by atoms with Crippen LogP contribution in [-0.2, 0) is 16.0 Å². The summed E-state index contributed by atoms with van der Waals surface area (Å²) in [7, 11) is 1.68. The number of carbonyl (C=O) groups is 1. The Morgan fingerprint density at radius 1 is 1.41 bits per heavy atom. The molecule has 0 aliphatic heterocycles. The fourth-order valence-corrected chi connectivity index (χ4v) is 1.59. The van der Waals surface area contributed by atoms with Gasteiger partial charge in [-0.15, -0.1) is 0 Å². The van der Waals surface area contributed by atoms with Crippen molar-refractivity contribution in [3.63, 3.8) is 0 Å².